The Morgan fingerprint density at radius 2 is 2.12 bits per heavy atom. The Bertz CT molecular complexity index is 594. The molecule has 0 amide bonds. The molecule has 2 saturated carbocycles. The molecule has 5 nitrogen and oxygen atoms in total. The lowest BCUT2D eigenvalue weighted by molar-refractivity contribution is 0.405. The number of hydrogen-bond acceptors (Lipinski definition) is 4. The zero-order chi connectivity index (χ0) is 12.0. The van der Waals surface area contributed by atoms with E-state index in [9.17, 15) is 9.90 Å². The summed E-state index contributed by atoms with van der Waals surface area (Å²) in [6.07, 6.45) is 5.59. The summed E-state index contributed by atoms with van der Waals surface area (Å²) in [5.74, 6) is -0.0503. The van der Waals surface area contributed by atoms with E-state index < -0.39 is 0 Å². The molecule has 0 aliphatic heterocycles. The molecule has 0 saturated heterocycles. The second-order valence-electron chi connectivity index (χ2n) is 4.61. The maximum atomic E-state index is 11.7. The summed E-state index contributed by atoms with van der Waals surface area (Å²) in [7, 11) is 0. The van der Waals surface area contributed by atoms with Crippen molar-refractivity contribution in [3.8, 4) is 5.88 Å². The summed E-state index contributed by atoms with van der Waals surface area (Å²) < 4.78 is 1.91. The Morgan fingerprint density at radius 1 is 1.41 bits per heavy atom. The zero-order valence-corrected chi connectivity index (χ0v) is 10.0. The number of aliphatic imine (C=N–C) groups is 1. The van der Waals surface area contributed by atoms with Gasteiger partial charge in [0.2, 0.25) is 5.88 Å². The predicted octanol–water partition coefficient (Wildman–Crippen LogP) is 1.53. The van der Waals surface area contributed by atoms with Crippen molar-refractivity contribution in [2.75, 3.05) is 0 Å². The average molecular weight is 251 g/mol. The summed E-state index contributed by atoms with van der Waals surface area (Å²) >= 11 is 5.05. The second-order valence-corrected chi connectivity index (χ2v) is 4.99. The van der Waals surface area contributed by atoms with Gasteiger partial charge in [-0.3, -0.25) is 19.3 Å². The Balaban J connectivity index is 2.09. The fourth-order valence-electron chi connectivity index (χ4n) is 1.74. The van der Waals surface area contributed by atoms with E-state index in [1.54, 1.807) is 4.57 Å². The minimum Gasteiger partial charge on any atom is -0.494 e. The number of hydrogen-bond donors (Lipinski definition) is 2. The first-order valence-electron chi connectivity index (χ1n) is 5.78. The summed E-state index contributed by atoms with van der Waals surface area (Å²) in [5, 5.41) is 10.1. The molecule has 2 N–H and O–H groups in total. The van der Waals surface area contributed by atoms with Gasteiger partial charge in [0.1, 0.15) is 5.56 Å². The normalized spacial score (nSPS) is 20.0. The Morgan fingerprint density at radius 3 is 2.71 bits per heavy atom. The van der Waals surface area contributed by atoms with Crippen molar-refractivity contribution >= 4 is 18.4 Å². The van der Waals surface area contributed by atoms with Crippen LogP contribution in [-0.4, -0.2) is 26.9 Å². The highest BCUT2D eigenvalue weighted by atomic mass is 32.1. The van der Waals surface area contributed by atoms with Crippen LogP contribution in [0, 0.1) is 4.77 Å². The Labute approximate surface area is 103 Å². The molecule has 6 heteroatoms. The molecule has 3 rings (SSSR count). The third-order valence-electron chi connectivity index (χ3n) is 3.03. The van der Waals surface area contributed by atoms with Crippen LogP contribution in [0.3, 0.4) is 0 Å². The third kappa shape index (κ3) is 2.04. The SMILES string of the molecule is O=c1[nH]c(=S)n(C2CC2)c(O)c1C=NC1CC1. The van der Waals surface area contributed by atoms with E-state index in [1.165, 1.54) is 6.21 Å². The molecule has 2 fully saturated rings. The van der Waals surface area contributed by atoms with Gasteiger partial charge in [-0.15, -0.1) is 0 Å². The zero-order valence-electron chi connectivity index (χ0n) is 9.22. The van der Waals surface area contributed by atoms with Crippen LogP contribution in [0.25, 0.3) is 0 Å². The van der Waals surface area contributed by atoms with Crippen molar-refractivity contribution < 1.29 is 5.11 Å². The summed E-state index contributed by atoms with van der Waals surface area (Å²) in [4.78, 5) is 18.5. The molecular formula is C11H13N3O2S. The quantitative estimate of drug-likeness (QED) is 0.632. The van der Waals surface area contributed by atoms with Crippen LogP contribution < -0.4 is 5.56 Å². The number of nitrogens with zero attached hydrogens (tertiary/aromatic N) is 2. The number of H-pyrrole nitrogens is 1. The van der Waals surface area contributed by atoms with Crippen molar-refractivity contribution in [2.24, 2.45) is 4.99 Å². The molecule has 0 aromatic carbocycles. The highest BCUT2D eigenvalue weighted by Crippen LogP contribution is 2.38. The van der Waals surface area contributed by atoms with E-state index in [1.807, 2.05) is 0 Å². The lowest BCUT2D eigenvalue weighted by Gasteiger charge is -2.09. The number of nitrogens with one attached hydrogen (secondary N) is 1. The lowest BCUT2D eigenvalue weighted by Crippen LogP contribution is -2.18. The number of rotatable bonds is 3. The van der Waals surface area contributed by atoms with E-state index in [-0.39, 0.29) is 23.0 Å². The number of aromatic nitrogens is 2. The van der Waals surface area contributed by atoms with Gasteiger partial charge in [-0.05, 0) is 37.9 Å². The first-order valence-corrected chi connectivity index (χ1v) is 6.18. The Hall–Kier alpha value is -1.43. The molecular weight excluding hydrogens is 238 g/mol. The first-order chi connectivity index (χ1) is 8.16. The van der Waals surface area contributed by atoms with Crippen LogP contribution in [0.1, 0.15) is 37.3 Å². The van der Waals surface area contributed by atoms with Gasteiger partial charge in [0.05, 0.1) is 6.04 Å². The van der Waals surface area contributed by atoms with Crippen molar-refractivity contribution in [1.82, 2.24) is 9.55 Å². The first kappa shape index (κ1) is 10.7. The number of aromatic hydroxyl groups is 1. The van der Waals surface area contributed by atoms with Crippen LogP contribution in [0.15, 0.2) is 9.79 Å². The predicted molar refractivity (Wildman–Crippen MR) is 66.4 cm³/mol. The fraction of sp³-hybridized carbons (Fsp3) is 0.545. The van der Waals surface area contributed by atoms with E-state index in [2.05, 4.69) is 9.98 Å². The van der Waals surface area contributed by atoms with E-state index in [4.69, 9.17) is 12.2 Å². The van der Waals surface area contributed by atoms with Gasteiger partial charge in [-0.25, -0.2) is 0 Å². The minimum absolute atomic E-state index is 0.0503. The molecule has 1 aromatic rings. The highest BCUT2D eigenvalue weighted by molar-refractivity contribution is 7.71. The van der Waals surface area contributed by atoms with Crippen LogP contribution in [0.2, 0.25) is 0 Å². The summed E-state index contributed by atoms with van der Waals surface area (Å²) in [5.41, 5.74) is -0.147. The fourth-order valence-corrected chi connectivity index (χ4v) is 2.07. The third-order valence-corrected chi connectivity index (χ3v) is 3.33. The second kappa shape index (κ2) is 3.80. The topological polar surface area (TPSA) is 70.4 Å². The van der Waals surface area contributed by atoms with Crippen LogP contribution >= 0.6 is 12.2 Å². The largest absolute Gasteiger partial charge is 0.494 e. The molecule has 2 aliphatic rings. The van der Waals surface area contributed by atoms with Crippen molar-refractivity contribution in [3.05, 3.63) is 20.7 Å². The molecule has 0 spiro atoms. The van der Waals surface area contributed by atoms with Crippen molar-refractivity contribution in [1.29, 1.82) is 0 Å². The molecule has 0 radical (unpaired) electrons. The van der Waals surface area contributed by atoms with Gasteiger partial charge < -0.3 is 5.11 Å². The van der Waals surface area contributed by atoms with Gasteiger partial charge in [0.15, 0.2) is 4.77 Å². The van der Waals surface area contributed by atoms with E-state index >= 15 is 0 Å². The van der Waals surface area contributed by atoms with Gasteiger partial charge in [0, 0.05) is 12.3 Å². The maximum Gasteiger partial charge on any atom is 0.264 e. The van der Waals surface area contributed by atoms with Gasteiger partial charge in [-0.2, -0.15) is 0 Å². The highest BCUT2D eigenvalue weighted by Gasteiger charge is 2.28. The molecule has 2 aliphatic carbocycles. The van der Waals surface area contributed by atoms with Crippen LogP contribution in [0.5, 0.6) is 5.88 Å². The Kier molecular flexibility index (Phi) is 2.39. The summed E-state index contributed by atoms with van der Waals surface area (Å²) in [6, 6.07) is 0.554. The summed E-state index contributed by atoms with van der Waals surface area (Å²) in [6.45, 7) is 0. The molecule has 0 bridgehead atoms. The molecule has 0 unspecified atom stereocenters. The smallest absolute Gasteiger partial charge is 0.264 e. The lowest BCUT2D eigenvalue weighted by atomic mass is 10.3. The van der Waals surface area contributed by atoms with Gasteiger partial charge in [0.25, 0.3) is 5.56 Å². The van der Waals surface area contributed by atoms with E-state index in [0.29, 0.717) is 10.8 Å². The monoisotopic (exact) mass is 251 g/mol. The average Bonchev–Trinajstić information content (AvgIpc) is 3.12. The molecule has 1 heterocycles. The van der Waals surface area contributed by atoms with Crippen LogP contribution in [0.4, 0.5) is 0 Å². The maximum absolute atomic E-state index is 11.7. The standard InChI is InChI=1S/C11H13N3O2S/c15-9-8(5-12-6-1-2-6)10(16)14(7-3-4-7)11(17)13-9/h5-7,16H,1-4H2,(H,13,15,17). The van der Waals surface area contributed by atoms with Gasteiger partial charge >= 0.3 is 0 Å². The number of aromatic amines is 1. The molecule has 17 heavy (non-hydrogen) atoms. The molecule has 1 aromatic heterocycles. The van der Waals surface area contributed by atoms with E-state index in [0.717, 1.165) is 25.7 Å². The van der Waals surface area contributed by atoms with Crippen molar-refractivity contribution in [3.63, 3.8) is 0 Å². The molecule has 0 atom stereocenters. The van der Waals surface area contributed by atoms with Crippen molar-refractivity contribution in [2.45, 2.75) is 37.8 Å². The minimum atomic E-state index is -0.367. The van der Waals surface area contributed by atoms with Gasteiger partial charge in [-0.1, -0.05) is 0 Å². The molecule has 90 valence electrons. The van der Waals surface area contributed by atoms with Crippen LogP contribution in [-0.2, 0) is 0 Å².